The van der Waals surface area contributed by atoms with Crippen LogP contribution in [0.5, 0.6) is 0 Å². The fraction of sp³-hybridized carbons (Fsp3) is 0.0588. The average Bonchev–Trinajstić information content (AvgIpc) is 2.89. The first-order valence-electron chi connectivity index (χ1n) is 6.94. The Balaban J connectivity index is 2.10. The van der Waals surface area contributed by atoms with Crippen molar-refractivity contribution in [3.63, 3.8) is 0 Å². The van der Waals surface area contributed by atoms with Crippen molar-refractivity contribution in [3.05, 3.63) is 72.2 Å². The quantitative estimate of drug-likeness (QED) is 0.801. The molecular weight excluding hydrogens is 315 g/mol. The highest BCUT2D eigenvalue weighted by atomic mass is 32.2. The smallest absolute Gasteiger partial charge is 0.238 e. The molecule has 0 aliphatic rings. The Morgan fingerprint density at radius 1 is 0.913 bits per heavy atom. The largest absolute Gasteiger partial charge is 0.314 e. The van der Waals surface area contributed by atoms with Crippen LogP contribution in [0.25, 0.3) is 16.9 Å². The first-order valence-corrected chi connectivity index (χ1v) is 8.48. The number of aryl methyl sites for hydroxylation is 1. The van der Waals surface area contributed by atoms with Crippen molar-refractivity contribution in [2.75, 3.05) is 0 Å². The van der Waals surface area contributed by atoms with Crippen molar-refractivity contribution in [3.8, 4) is 16.9 Å². The standard InChI is InChI=1S/C17H15FN2O2S/c1-12-2-11-17(13-3-5-14(18)6-4-13)20(12)15-7-9-16(10-8-15)23(19,21)22/h2-11H,1H3,(H2,19,21,22). The van der Waals surface area contributed by atoms with E-state index >= 15 is 0 Å². The summed E-state index contributed by atoms with van der Waals surface area (Å²) in [5.74, 6) is -0.291. The van der Waals surface area contributed by atoms with E-state index in [9.17, 15) is 12.8 Å². The Kier molecular flexibility index (Phi) is 3.79. The Morgan fingerprint density at radius 3 is 2.09 bits per heavy atom. The molecule has 3 rings (SSSR count). The van der Waals surface area contributed by atoms with Gasteiger partial charge in [-0.2, -0.15) is 0 Å². The highest BCUT2D eigenvalue weighted by Gasteiger charge is 2.12. The molecule has 0 radical (unpaired) electrons. The van der Waals surface area contributed by atoms with E-state index in [-0.39, 0.29) is 10.7 Å². The molecule has 0 saturated carbocycles. The van der Waals surface area contributed by atoms with Crippen LogP contribution in [0.15, 0.2) is 65.6 Å². The molecule has 0 amide bonds. The maximum absolute atomic E-state index is 13.1. The molecule has 0 bridgehead atoms. The second kappa shape index (κ2) is 5.64. The van der Waals surface area contributed by atoms with Crippen molar-refractivity contribution in [2.45, 2.75) is 11.8 Å². The third-order valence-electron chi connectivity index (χ3n) is 3.64. The van der Waals surface area contributed by atoms with Crippen LogP contribution in [-0.2, 0) is 10.0 Å². The van der Waals surface area contributed by atoms with E-state index in [0.29, 0.717) is 0 Å². The van der Waals surface area contributed by atoms with E-state index in [1.807, 2.05) is 23.6 Å². The van der Waals surface area contributed by atoms with Gasteiger partial charge in [-0.1, -0.05) is 0 Å². The van der Waals surface area contributed by atoms with Crippen LogP contribution >= 0.6 is 0 Å². The van der Waals surface area contributed by atoms with Crippen molar-refractivity contribution in [2.24, 2.45) is 5.14 Å². The summed E-state index contributed by atoms with van der Waals surface area (Å²) in [6, 6.07) is 16.5. The molecule has 23 heavy (non-hydrogen) atoms. The van der Waals surface area contributed by atoms with Crippen LogP contribution in [0.4, 0.5) is 4.39 Å². The summed E-state index contributed by atoms with van der Waals surface area (Å²) in [5, 5.41) is 5.12. The molecule has 0 fully saturated rings. The number of benzene rings is 2. The van der Waals surface area contributed by atoms with Crippen LogP contribution < -0.4 is 5.14 Å². The third kappa shape index (κ3) is 3.04. The lowest BCUT2D eigenvalue weighted by Crippen LogP contribution is -2.12. The van der Waals surface area contributed by atoms with Gasteiger partial charge in [0.15, 0.2) is 0 Å². The summed E-state index contributed by atoms with van der Waals surface area (Å²) >= 11 is 0. The monoisotopic (exact) mass is 330 g/mol. The normalized spacial score (nSPS) is 11.6. The minimum atomic E-state index is -3.72. The number of primary sulfonamides is 1. The number of hydrogen-bond donors (Lipinski definition) is 1. The molecule has 0 unspecified atom stereocenters. The molecule has 2 aromatic carbocycles. The van der Waals surface area contributed by atoms with E-state index in [0.717, 1.165) is 22.6 Å². The zero-order valence-corrected chi connectivity index (χ0v) is 13.2. The summed E-state index contributed by atoms with van der Waals surface area (Å²) in [4.78, 5) is 0.0643. The van der Waals surface area contributed by atoms with Gasteiger partial charge in [-0.3, -0.25) is 0 Å². The predicted molar refractivity (Wildman–Crippen MR) is 87.3 cm³/mol. The number of halogens is 1. The van der Waals surface area contributed by atoms with Crippen molar-refractivity contribution in [1.82, 2.24) is 4.57 Å². The number of nitrogens with two attached hydrogens (primary N) is 1. The Labute approximate surface area is 134 Å². The summed E-state index contributed by atoms with van der Waals surface area (Å²) in [5.41, 5.74) is 3.55. The molecule has 1 aromatic heterocycles. The molecule has 118 valence electrons. The lowest BCUT2D eigenvalue weighted by molar-refractivity contribution is 0.598. The van der Waals surface area contributed by atoms with Gasteiger partial charge in [0.05, 0.1) is 10.6 Å². The summed E-state index contributed by atoms with van der Waals surface area (Å²) in [6.45, 7) is 1.95. The number of sulfonamides is 1. The summed E-state index contributed by atoms with van der Waals surface area (Å²) < 4.78 is 37.8. The molecule has 0 aliphatic carbocycles. The second-order valence-corrected chi connectivity index (χ2v) is 6.80. The maximum Gasteiger partial charge on any atom is 0.238 e. The predicted octanol–water partition coefficient (Wildman–Crippen LogP) is 3.24. The minimum Gasteiger partial charge on any atom is -0.314 e. The minimum absolute atomic E-state index is 0.0643. The number of rotatable bonds is 3. The number of nitrogens with zero attached hydrogens (tertiary/aromatic N) is 1. The van der Waals surface area contributed by atoms with Gasteiger partial charge in [-0.15, -0.1) is 0 Å². The van der Waals surface area contributed by atoms with Crippen LogP contribution in [0.3, 0.4) is 0 Å². The molecule has 1 heterocycles. The zero-order chi connectivity index (χ0) is 16.6. The summed E-state index contributed by atoms with van der Waals surface area (Å²) in [7, 11) is -3.72. The SMILES string of the molecule is Cc1ccc(-c2ccc(F)cc2)n1-c1ccc(S(N)(=O)=O)cc1. The van der Waals surface area contributed by atoms with E-state index in [2.05, 4.69) is 0 Å². The molecular formula is C17H15FN2O2S. The maximum atomic E-state index is 13.1. The fourth-order valence-corrected chi connectivity index (χ4v) is 3.03. The highest BCUT2D eigenvalue weighted by molar-refractivity contribution is 7.89. The molecule has 4 nitrogen and oxygen atoms in total. The number of hydrogen-bond acceptors (Lipinski definition) is 2. The Bertz CT molecular complexity index is 943. The van der Waals surface area contributed by atoms with Crippen molar-refractivity contribution in [1.29, 1.82) is 0 Å². The Morgan fingerprint density at radius 2 is 1.52 bits per heavy atom. The molecule has 0 saturated heterocycles. The van der Waals surface area contributed by atoms with E-state index in [4.69, 9.17) is 5.14 Å². The van der Waals surface area contributed by atoms with Gasteiger partial charge in [0.2, 0.25) is 10.0 Å². The highest BCUT2D eigenvalue weighted by Crippen LogP contribution is 2.27. The van der Waals surface area contributed by atoms with Crippen LogP contribution in [0.2, 0.25) is 0 Å². The molecule has 0 atom stereocenters. The molecule has 2 N–H and O–H groups in total. The van der Waals surface area contributed by atoms with Crippen LogP contribution in [0, 0.1) is 12.7 Å². The first kappa shape index (κ1) is 15.5. The lowest BCUT2D eigenvalue weighted by atomic mass is 10.1. The number of aromatic nitrogens is 1. The van der Waals surface area contributed by atoms with E-state index in [1.165, 1.54) is 24.3 Å². The van der Waals surface area contributed by atoms with Crippen molar-refractivity contribution < 1.29 is 12.8 Å². The van der Waals surface area contributed by atoms with Gasteiger partial charge in [-0.25, -0.2) is 17.9 Å². The van der Waals surface area contributed by atoms with Crippen LogP contribution in [-0.4, -0.2) is 13.0 Å². The first-order chi connectivity index (χ1) is 10.9. The van der Waals surface area contributed by atoms with Crippen molar-refractivity contribution >= 4 is 10.0 Å². The van der Waals surface area contributed by atoms with Gasteiger partial charge in [0.1, 0.15) is 5.82 Å². The summed E-state index contributed by atoms with van der Waals surface area (Å²) in [6.07, 6.45) is 0. The Hall–Kier alpha value is -2.44. The fourth-order valence-electron chi connectivity index (χ4n) is 2.51. The van der Waals surface area contributed by atoms with Gasteiger partial charge >= 0.3 is 0 Å². The molecule has 3 aromatic rings. The van der Waals surface area contributed by atoms with Gasteiger partial charge in [0.25, 0.3) is 0 Å². The average molecular weight is 330 g/mol. The van der Waals surface area contributed by atoms with Gasteiger partial charge in [-0.05, 0) is 73.2 Å². The topological polar surface area (TPSA) is 65.1 Å². The van der Waals surface area contributed by atoms with E-state index < -0.39 is 10.0 Å². The van der Waals surface area contributed by atoms with E-state index in [1.54, 1.807) is 24.3 Å². The van der Waals surface area contributed by atoms with Gasteiger partial charge < -0.3 is 4.57 Å². The lowest BCUT2D eigenvalue weighted by Gasteiger charge is -2.12. The van der Waals surface area contributed by atoms with Gasteiger partial charge in [0, 0.05) is 11.4 Å². The third-order valence-corrected chi connectivity index (χ3v) is 4.57. The zero-order valence-electron chi connectivity index (χ0n) is 12.4. The second-order valence-electron chi connectivity index (χ2n) is 5.24. The van der Waals surface area contributed by atoms with Crippen LogP contribution in [0.1, 0.15) is 5.69 Å². The molecule has 6 heteroatoms. The molecule has 0 aliphatic heterocycles. The molecule has 0 spiro atoms.